The molecule has 0 N–H and O–H groups in total. The molecule has 0 bridgehead atoms. The summed E-state index contributed by atoms with van der Waals surface area (Å²) in [4.78, 5) is 11.4. The van der Waals surface area contributed by atoms with Crippen molar-refractivity contribution < 1.29 is 19.0 Å². The summed E-state index contributed by atoms with van der Waals surface area (Å²) in [5.41, 5.74) is 0.658. The van der Waals surface area contributed by atoms with E-state index in [4.69, 9.17) is 14.2 Å². The van der Waals surface area contributed by atoms with Gasteiger partial charge in [-0.2, -0.15) is 5.10 Å². The number of carbonyl (C=O) groups is 1. The molecular weight excluding hydrogens is 248 g/mol. The first-order valence-electron chi connectivity index (χ1n) is 6.48. The topological polar surface area (TPSA) is 62.6 Å². The Morgan fingerprint density at radius 2 is 1.89 bits per heavy atom. The molecule has 0 atom stereocenters. The summed E-state index contributed by atoms with van der Waals surface area (Å²) in [5, 5.41) is 4.11. The molecule has 0 aliphatic heterocycles. The molecule has 0 amide bonds. The van der Waals surface area contributed by atoms with Gasteiger partial charge in [-0.05, 0) is 0 Å². The van der Waals surface area contributed by atoms with Crippen molar-refractivity contribution in [3.05, 3.63) is 18.0 Å². The van der Waals surface area contributed by atoms with Crippen molar-refractivity contribution in [1.82, 2.24) is 9.78 Å². The van der Waals surface area contributed by atoms with E-state index in [0.29, 0.717) is 51.6 Å². The Balaban J connectivity index is 2.06. The van der Waals surface area contributed by atoms with Crippen LogP contribution in [0.4, 0.5) is 0 Å². The highest BCUT2D eigenvalue weighted by Gasteiger charge is 2.05. The Labute approximate surface area is 113 Å². The first-order valence-corrected chi connectivity index (χ1v) is 6.48. The van der Waals surface area contributed by atoms with Crippen molar-refractivity contribution in [3.8, 4) is 0 Å². The maximum atomic E-state index is 11.4. The van der Waals surface area contributed by atoms with Crippen LogP contribution in [-0.2, 0) is 20.8 Å². The second-order valence-corrected chi connectivity index (χ2v) is 3.99. The van der Waals surface area contributed by atoms with Gasteiger partial charge in [0.2, 0.25) is 0 Å². The summed E-state index contributed by atoms with van der Waals surface area (Å²) in [7, 11) is 1.64. The average molecular weight is 270 g/mol. The van der Waals surface area contributed by atoms with Crippen LogP contribution in [0.15, 0.2) is 12.4 Å². The number of carbonyl (C=O) groups excluding carboxylic acids is 1. The predicted octanol–water partition coefficient (Wildman–Crippen LogP) is 1.16. The van der Waals surface area contributed by atoms with E-state index in [9.17, 15) is 4.79 Å². The van der Waals surface area contributed by atoms with Crippen LogP contribution in [0.1, 0.15) is 23.7 Å². The summed E-state index contributed by atoms with van der Waals surface area (Å²) in [5.74, 6) is 0.110. The van der Waals surface area contributed by atoms with Crippen LogP contribution in [-0.4, -0.2) is 55.7 Å². The Hall–Kier alpha value is -1.24. The fraction of sp³-hybridized carbons (Fsp3) is 0.692. The number of methoxy groups -OCH3 is 1. The first-order chi connectivity index (χ1) is 9.27. The van der Waals surface area contributed by atoms with E-state index in [0.717, 1.165) is 0 Å². The average Bonchev–Trinajstić information content (AvgIpc) is 2.89. The van der Waals surface area contributed by atoms with Gasteiger partial charge in [0.25, 0.3) is 0 Å². The lowest BCUT2D eigenvalue weighted by Crippen LogP contribution is -2.12. The molecule has 0 aliphatic carbocycles. The van der Waals surface area contributed by atoms with Crippen LogP contribution in [0, 0.1) is 0 Å². The number of nitrogens with zero attached hydrogens (tertiary/aromatic N) is 2. The summed E-state index contributed by atoms with van der Waals surface area (Å²) >= 11 is 0. The molecule has 0 radical (unpaired) electrons. The Morgan fingerprint density at radius 3 is 2.58 bits per heavy atom. The Morgan fingerprint density at radius 1 is 1.21 bits per heavy atom. The van der Waals surface area contributed by atoms with Gasteiger partial charge in [-0.1, -0.05) is 6.92 Å². The molecule has 1 aromatic heterocycles. The third-order valence-corrected chi connectivity index (χ3v) is 2.54. The van der Waals surface area contributed by atoms with E-state index in [1.807, 2.05) is 6.92 Å². The van der Waals surface area contributed by atoms with E-state index >= 15 is 0 Å². The fourth-order valence-electron chi connectivity index (χ4n) is 1.46. The molecule has 6 nitrogen and oxygen atoms in total. The van der Waals surface area contributed by atoms with Crippen LogP contribution >= 0.6 is 0 Å². The number of rotatable bonds is 11. The lowest BCUT2D eigenvalue weighted by molar-refractivity contribution is 0.0225. The maximum absolute atomic E-state index is 11.4. The molecule has 0 aromatic carbocycles. The number of hydrogen-bond donors (Lipinski definition) is 0. The molecule has 108 valence electrons. The van der Waals surface area contributed by atoms with Crippen molar-refractivity contribution in [1.29, 1.82) is 0 Å². The SMILES string of the molecule is CCC(=O)c1cnn(CCOCCOCCOC)c1. The van der Waals surface area contributed by atoms with Gasteiger partial charge in [-0.3, -0.25) is 9.48 Å². The van der Waals surface area contributed by atoms with Gasteiger partial charge in [0, 0.05) is 19.7 Å². The van der Waals surface area contributed by atoms with E-state index in [-0.39, 0.29) is 5.78 Å². The zero-order valence-electron chi connectivity index (χ0n) is 11.6. The molecule has 0 saturated carbocycles. The molecule has 0 aliphatic rings. The van der Waals surface area contributed by atoms with Gasteiger partial charge < -0.3 is 14.2 Å². The molecule has 0 saturated heterocycles. The van der Waals surface area contributed by atoms with Gasteiger partial charge in [-0.25, -0.2) is 0 Å². The highest BCUT2D eigenvalue weighted by molar-refractivity contribution is 5.95. The van der Waals surface area contributed by atoms with Crippen LogP contribution < -0.4 is 0 Å². The lowest BCUT2D eigenvalue weighted by Gasteiger charge is -2.05. The first kappa shape index (κ1) is 15.8. The third-order valence-electron chi connectivity index (χ3n) is 2.54. The van der Waals surface area contributed by atoms with Crippen molar-refractivity contribution in [2.75, 3.05) is 40.1 Å². The van der Waals surface area contributed by atoms with Crippen molar-refractivity contribution in [2.24, 2.45) is 0 Å². The highest BCUT2D eigenvalue weighted by Crippen LogP contribution is 2.01. The minimum atomic E-state index is 0.110. The summed E-state index contributed by atoms with van der Waals surface area (Å²) < 4.78 is 17.2. The smallest absolute Gasteiger partial charge is 0.165 e. The molecule has 6 heteroatoms. The maximum Gasteiger partial charge on any atom is 0.165 e. The molecule has 1 heterocycles. The third kappa shape index (κ3) is 6.47. The van der Waals surface area contributed by atoms with Gasteiger partial charge in [0.05, 0.1) is 51.3 Å². The van der Waals surface area contributed by atoms with E-state index in [2.05, 4.69) is 5.10 Å². The van der Waals surface area contributed by atoms with Crippen molar-refractivity contribution in [3.63, 3.8) is 0 Å². The molecule has 0 spiro atoms. The van der Waals surface area contributed by atoms with Crippen LogP contribution in [0.2, 0.25) is 0 Å². The number of aromatic nitrogens is 2. The molecule has 1 rings (SSSR count). The largest absolute Gasteiger partial charge is 0.382 e. The molecule has 19 heavy (non-hydrogen) atoms. The minimum Gasteiger partial charge on any atom is -0.382 e. The van der Waals surface area contributed by atoms with E-state index in [1.165, 1.54) is 0 Å². The second kappa shape index (κ2) is 9.66. The fourth-order valence-corrected chi connectivity index (χ4v) is 1.46. The lowest BCUT2D eigenvalue weighted by atomic mass is 10.2. The zero-order valence-corrected chi connectivity index (χ0v) is 11.6. The van der Waals surface area contributed by atoms with Crippen molar-refractivity contribution in [2.45, 2.75) is 19.9 Å². The van der Waals surface area contributed by atoms with Gasteiger partial charge >= 0.3 is 0 Å². The van der Waals surface area contributed by atoms with Gasteiger partial charge in [-0.15, -0.1) is 0 Å². The van der Waals surface area contributed by atoms with Gasteiger partial charge in [0.15, 0.2) is 5.78 Å². The van der Waals surface area contributed by atoms with Crippen LogP contribution in [0.3, 0.4) is 0 Å². The number of ether oxygens (including phenoxy) is 3. The number of Topliss-reactive ketones (excluding diaryl/α,β-unsaturated/α-hetero) is 1. The van der Waals surface area contributed by atoms with Crippen molar-refractivity contribution >= 4 is 5.78 Å². The van der Waals surface area contributed by atoms with Gasteiger partial charge in [0.1, 0.15) is 0 Å². The Bertz CT molecular complexity index is 365. The molecule has 0 fully saturated rings. The minimum absolute atomic E-state index is 0.110. The van der Waals surface area contributed by atoms with E-state index in [1.54, 1.807) is 24.2 Å². The van der Waals surface area contributed by atoms with Crippen LogP contribution in [0.25, 0.3) is 0 Å². The predicted molar refractivity (Wildman–Crippen MR) is 70.4 cm³/mol. The number of hydrogen-bond acceptors (Lipinski definition) is 5. The quantitative estimate of drug-likeness (QED) is 0.446. The van der Waals surface area contributed by atoms with Crippen LogP contribution in [0.5, 0.6) is 0 Å². The highest BCUT2D eigenvalue weighted by atomic mass is 16.5. The summed E-state index contributed by atoms with van der Waals surface area (Å²) in [6, 6.07) is 0. The normalized spacial score (nSPS) is 10.8. The Kier molecular flexibility index (Phi) is 8.04. The summed E-state index contributed by atoms with van der Waals surface area (Å²) in [6.07, 6.45) is 3.85. The monoisotopic (exact) mass is 270 g/mol. The molecule has 1 aromatic rings. The number of ketones is 1. The molecular formula is C13H22N2O4. The standard InChI is InChI=1S/C13H22N2O4/c1-3-13(16)12-10-14-15(11-12)4-5-18-8-9-19-7-6-17-2/h10-11H,3-9H2,1-2H3. The molecule has 0 unspecified atom stereocenters. The van der Waals surface area contributed by atoms with E-state index < -0.39 is 0 Å². The zero-order chi connectivity index (χ0) is 13.9. The summed E-state index contributed by atoms with van der Waals surface area (Å²) in [6.45, 7) is 5.31. The second-order valence-electron chi connectivity index (χ2n) is 3.99.